The molecule has 0 atom stereocenters. The Morgan fingerprint density at radius 1 is 1.35 bits per heavy atom. The van der Waals surface area contributed by atoms with Crippen LogP contribution in [0.1, 0.15) is 50.3 Å². The van der Waals surface area contributed by atoms with Gasteiger partial charge < -0.3 is 14.8 Å². The van der Waals surface area contributed by atoms with Gasteiger partial charge in [-0.1, -0.05) is 6.42 Å². The van der Waals surface area contributed by atoms with Crippen molar-refractivity contribution in [1.82, 2.24) is 4.98 Å². The average Bonchev–Trinajstić information content (AvgIpc) is 3.22. The van der Waals surface area contributed by atoms with Crippen molar-refractivity contribution in [1.29, 1.82) is 0 Å². The second kappa shape index (κ2) is 5.08. The lowest BCUT2D eigenvalue weighted by Crippen LogP contribution is -2.41. The predicted molar refractivity (Wildman–Crippen MR) is 83.2 cm³/mol. The van der Waals surface area contributed by atoms with Crippen molar-refractivity contribution < 1.29 is 19.1 Å². The highest BCUT2D eigenvalue weighted by Crippen LogP contribution is 2.44. The van der Waals surface area contributed by atoms with Crippen LogP contribution in [0.2, 0.25) is 0 Å². The van der Waals surface area contributed by atoms with E-state index >= 15 is 0 Å². The van der Waals surface area contributed by atoms with Crippen molar-refractivity contribution in [3.63, 3.8) is 0 Å². The number of amides is 1. The number of nitrogens with zero attached hydrogens (tertiary/aromatic N) is 1. The molecule has 1 heterocycles. The molecule has 2 N–H and O–H groups in total. The Hall–Kier alpha value is -2.37. The average molecular weight is 314 g/mol. The molecule has 1 aromatic carbocycles. The molecule has 0 unspecified atom stereocenters. The van der Waals surface area contributed by atoms with Gasteiger partial charge in [0.05, 0.1) is 5.41 Å². The maximum Gasteiger partial charge on any atom is 0.310 e. The molecule has 1 amide bonds. The molecule has 0 aliphatic heterocycles. The molecule has 2 saturated carbocycles. The van der Waals surface area contributed by atoms with Gasteiger partial charge in [-0.25, -0.2) is 4.98 Å². The summed E-state index contributed by atoms with van der Waals surface area (Å²) >= 11 is 0. The number of carboxylic acids is 1. The van der Waals surface area contributed by atoms with E-state index in [0.29, 0.717) is 30.0 Å². The summed E-state index contributed by atoms with van der Waals surface area (Å²) in [5.41, 5.74) is 1.19. The van der Waals surface area contributed by atoms with Gasteiger partial charge in [0.2, 0.25) is 5.91 Å². The molecule has 0 spiro atoms. The van der Waals surface area contributed by atoms with E-state index in [1.807, 2.05) is 0 Å². The minimum atomic E-state index is -0.875. The molecule has 2 fully saturated rings. The number of carbonyl (C=O) groups is 2. The second-order valence-corrected chi connectivity index (χ2v) is 6.67. The summed E-state index contributed by atoms with van der Waals surface area (Å²) in [7, 11) is 0. The van der Waals surface area contributed by atoms with Crippen molar-refractivity contribution in [3.05, 3.63) is 24.1 Å². The molecule has 2 aliphatic rings. The zero-order chi connectivity index (χ0) is 16.0. The van der Waals surface area contributed by atoms with Crippen molar-refractivity contribution >= 4 is 28.7 Å². The van der Waals surface area contributed by atoms with Gasteiger partial charge in [0, 0.05) is 18.0 Å². The predicted octanol–water partition coefficient (Wildman–Crippen LogP) is 3.29. The topological polar surface area (TPSA) is 92.4 Å². The first kappa shape index (κ1) is 14.2. The van der Waals surface area contributed by atoms with E-state index in [9.17, 15) is 14.7 Å². The van der Waals surface area contributed by atoms with Crippen LogP contribution >= 0.6 is 0 Å². The van der Waals surface area contributed by atoms with Crippen LogP contribution in [-0.4, -0.2) is 22.0 Å². The summed E-state index contributed by atoms with van der Waals surface area (Å²) in [4.78, 5) is 28.0. The van der Waals surface area contributed by atoms with Gasteiger partial charge in [-0.2, -0.15) is 0 Å². The van der Waals surface area contributed by atoms with Gasteiger partial charge in [-0.15, -0.1) is 0 Å². The quantitative estimate of drug-likeness (QED) is 0.883. The van der Waals surface area contributed by atoms with Crippen LogP contribution in [-0.2, 0) is 9.59 Å². The lowest BCUT2D eigenvalue weighted by Gasteiger charge is -2.36. The summed E-state index contributed by atoms with van der Waals surface area (Å²) < 4.78 is 5.69. The first-order valence-electron chi connectivity index (χ1n) is 7.99. The van der Waals surface area contributed by atoms with Gasteiger partial charge in [0.1, 0.15) is 5.52 Å². The van der Waals surface area contributed by atoms with Crippen molar-refractivity contribution in [2.24, 2.45) is 5.41 Å². The summed E-state index contributed by atoms with van der Waals surface area (Å²) in [6, 6.07) is 5.33. The molecule has 4 rings (SSSR count). The minimum Gasteiger partial charge on any atom is -0.481 e. The van der Waals surface area contributed by atoms with E-state index in [0.717, 1.165) is 30.7 Å². The second-order valence-electron chi connectivity index (χ2n) is 6.67. The highest BCUT2D eigenvalue weighted by molar-refractivity contribution is 5.95. The maximum absolute atomic E-state index is 12.2. The third kappa shape index (κ3) is 2.58. The van der Waals surface area contributed by atoms with E-state index in [1.165, 1.54) is 0 Å². The van der Waals surface area contributed by atoms with E-state index in [1.54, 1.807) is 18.2 Å². The number of fused-ring (bicyclic) bond motifs is 1. The molecule has 23 heavy (non-hydrogen) atoms. The molecule has 2 aliphatic carbocycles. The molecule has 0 radical (unpaired) electrons. The Morgan fingerprint density at radius 2 is 2.13 bits per heavy atom. The Kier molecular flexibility index (Phi) is 3.14. The number of nitrogens with one attached hydrogen (secondary N) is 1. The van der Waals surface area contributed by atoms with E-state index in [2.05, 4.69) is 10.3 Å². The van der Waals surface area contributed by atoms with E-state index in [-0.39, 0.29) is 12.3 Å². The third-order valence-corrected chi connectivity index (χ3v) is 4.88. The number of benzene rings is 1. The van der Waals surface area contributed by atoms with Crippen LogP contribution in [0.4, 0.5) is 5.69 Å². The van der Waals surface area contributed by atoms with Crippen molar-refractivity contribution in [2.45, 2.75) is 44.4 Å². The number of hydrogen-bond acceptors (Lipinski definition) is 4. The van der Waals surface area contributed by atoms with Gasteiger partial charge in [0.25, 0.3) is 0 Å². The molecule has 6 nitrogen and oxygen atoms in total. The number of carboxylic acid groups (broad SMARTS) is 1. The summed E-state index contributed by atoms with van der Waals surface area (Å²) in [6.45, 7) is 0. The lowest BCUT2D eigenvalue weighted by atomic mass is 9.66. The highest BCUT2D eigenvalue weighted by Gasteiger charge is 2.45. The largest absolute Gasteiger partial charge is 0.481 e. The number of aliphatic carboxylic acids is 1. The van der Waals surface area contributed by atoms with Crippen LogP contribution in [0.15, 0.2) is 22.6 Å². The Labute approximate surface area is 132 Å². The normalized spacial score (nSPS) is 19.3. The molecule has 0 bridgehead atoms. The summed E-state index contributed by atoms with van der Waals surface area (Å²) in [5, 5.41) is 12.1. The lowest BCUT2D eigenvalue weighted by molar-refractivity contribution is -0.157. The molecule has 0 saturated heterocycles. The van der Waals surface area contributed by atoms with Crippen molar-refractivity contribution in [3.8, 4) is 0 Å². The number of rotatable bonds is 5. The van der Waals surface area contributed by atoms with Gasteiger partial charge in [-0.05, 0) is 43.9 Å². The zero-order valence-electron chi connectivity index (χ0n) is 12.7. The van der Waals surface area contributed by atoms with Gasteiger partial charge in [-0.3, -0.25) is 9.59 Å². The number of anilines is 1. The van der Waals surface area contributed by atoms with Gasteiger partial charge >= 0.3 is 5.97 Å². The standard InChI is InChI=1S/C17H18N2O4/c20-14(9-17(16(21)22)6-1-7-17)18-11-4-5-13-12(8-11)19-15(23-13)10-2-3-10/h4-5,8,10H,1-3,6-7,9H2,(H,18,20)(H,21,22). The SMILES string of the molecule is O=C(CC1(C(=O)O)CCC1)Nc1ccc2oc(C3CC3)nc2c1. The van der Waals surface area contributed by atoms with Crippen LogP contribution in [0.25, 0.3) is 11.1 Å². The summed E-state index contributed by atoms with van der Waals surface area (Å²) in [6.07, 6.45) is 4.27. The monoisotopic (exact) mass is 314 g/mol. The smallest absolute Gasteiger partial charge is 0.310 e. The van der Waals surface area contributed by atoms with Gasteiger partial charge in [0.15, 0.2) is 11.5 Å². The van der Waals surface area contributed by atoms with Crippen LogP contribution in [0.3, 0.4) is 0 Å². The number of hydrogen-bond donors (Lipinski definition) is 2. The minimum absolute atomic E-state index is 0.0203. The summed E-state index contributed by atoms with van der Waals surface area (Å²) in [5.74, 6) is 0.0644. The number of oxazole rings is 1. The molecule has 1 aromatic heterocycles. The molecule has 2 aromatic rings. The fourth-order valence-corrected chi connectivity index (χ4v) is 3.11. The Morgan fingerprint density at radius 3 is 2.74 bits per heavy atom. The highest BCUT2D eigenvalue weighted by atomic mass is 16.4. The molecule has 6 heteroatoms. The molecular weight excluding hydrogens is 296 g/mol. The number of carbonyl (C=O) groups excluding carboxylic acids is 1. The Balaban J connectivity index is 1.48. The fraction of sp³-hybridized carbons (Fsp3) is 0.471. The van der Waals surface area contributed by atoms with Crippen LogP contribution < -0.4 is 5.32 Å². The van der Waals surface area contributed by atoms with Crippen molar-refractivity contribution in [2.75, 3.05) is 5.32 Å². The van der Waals surface area contributed by atoms with Crippen LogP contribution in [0.5, 0.6) is 0 Å². The van der Waals surface area contributed by atoms with Crippen LogP contribution in [0, 0.1) is 5.41 Å². The molecule has 120 valence electrons. The maximum atomic E-state index is 12.2. The fourth-order valence-electron chi connectivity index (χ4n) is 3.11. The first-order valence-corrected chi connectivity index (χ1v) is 7.99. The van der Waals surface area contributed by atoms with E-state index in [4.69, 9.17) is 4.42 Å². The first-order chi connectivity index (χ1) is 11.1. The zero-order valence-corrected chi connectivity index (χ0v) is 12.7. The molecular formula is C17H18N2O4. The Bertz CT molecular complexity index is 787. The number of aromatic nitrogens is 1. The third-order valence-electron chi connectivity index (χ3n) is 4.88. The van der Waals surface area contributed by atoms with E-state index < -0.39 is 11.4 Å².